The van der Waals surface area contributed by atoms with Crippen LogP contribution in [0.4, 0.5) is 0 Å². The molecular weight excluding hydrogens is 280 g/mol. The molecule has 0 saturated carbocycles. The Balaban J connectivity index is 2.54. The normalized spacial score (nSPS) is 10.4. The molecule has 6 heteroatoms. The number of methoxy groups -OCH3 is 2. The first kappa shape index (κ1) is 14.4. The average Bonchev–Trinajstić information content (AvgIpc) is 2.89. The van der Waals surface area contributed by atoms with Gasteiger partial charge in [-0.2, -0.15) is 5.10 Å². The highest BCUT2D eigenvalue weighted by molar-refractivity contribution is 6.31. The van der Waals surface area contributed by atoms with Gasteiger partial charge in [-0.3, -0.25) is 9.48 Å². The van der Waals surface area contributed by atoms with Crippen molar-refractivity contribution in [1.29, 1.82) is 0 Å². The van der Waals surface area contributed by atoms with E-state index in [0.717, 1.165) is 0 Å². The van der Waals surface area contributed by atoms with Gasteiger partial charge in [0, 0.05) is 11.6 Å². The molecule has 20 heavy (non-hydrogen) atoms. The summed E-state index contributed by atoms with van der Waals surface area (Å²) in [6.45, 7) is 2.47. The Morgan fingerprint density at radius 3 is 2.60 bits per heavy atom. The summed E-state index contributed by atoms with van der Waals surface area (Å²) in [7, 11) is 3.00. The molecule has 0 saturated heterocycles. The van der Waals surface area contributed by atoms with Crippen LogP contribution in [0.1, 0.15) is 23.0 Å². The average molecular weight is 295 g/mol. The van der Waals surface area contributed by atoms with Crippen molar-refractivity contribution in [2.45, 2.75) is 13.5 Å². The molecule has 0 bridgehead atoms. The fourth-order valence-electron chi connectivity index (χ4n) is 1.97. The lowest BCUT2D eigenvalue weighted by Gasteiger charge is -2.10. The van der Waals surface area contributed by atoms with Crippen molar-refractivity contribution in [3.63, 3.8) is 0 Å². The van der Waals surface area contributed by atoms with Crippen molar-refractivity contribution in [2.75, 3.05) is 14.2 Å². The van der Waals surface area contributed by atoms with E-state index in [-0.39, 0.29) is 5.78 Å². The molecule has 0 unspecified atom stereocenters. The molecule has 0 radical (unpaired) electrons. The van der Waals surface area contributed by atoms with Gasteiger partial charge < -0.3 is 9.47 Å². The fraction of sp³-hybridized carbons (Fsp3) is 0.286. The van der Waals surface area contributed by atoms with E-state index in [2.05, 4.69) is 5.10 Å². The molecule has 5 nitrogen and oxygen atoms in total. The lowest BCUT2D eigenvalue weighted by Crippen LogP contribution is -2.12. The van der Waals surface area contributed by atoms with Gasteiger partial charge in [0.15, 0.2) is 11.4 Å². The molecule has 0 amide bonds. The second-order valence-corrected chi connectivity index (χ2v) is 4.49. The minimum atomic E-state index is -0.213. The lowest BCUT2D eigenvalue weighted by atomic mass is 10.1. The SMILES string of the molecule is CCn1ncc(OC)c1C(=O)c1ccc(Cl)cc1OC. The zero-order valence-corrected chi connectivity index (χ0v) is 12.3. The van der Waals surface area contributed by atoms with Crippen molar-refractivity contribution in [2.24, 2.45) is 0 Å². The summed E-state index contributed by atoms with van der Waals surface area (Å²) in [4.78, 5) is 12.7. The summed E-state index contributed by atoms with van der Waals surface area (Å²) >= 11 is 5.91. The van der Waals surface area contributed by atoms with Gasteiger partial charge in [0.05, 0.1) is 26.0 Å². The summed E-state index contributed by atoms with van der Waals surface area (Å²) < 4.78 is 12.0. The molecule has 106 valence electrons. The van der Waals surface area contributed by atoms with Crippen LogP contribution < -0.4 is 9.47 Å². The number of aromatic nitrogens is 2. The van der Waals surface area contributed by atoms with Gasteiger partial charge >= 0.3 is 0 Å². The predicted octanol–water partition coefficient (Wildman–Crippen LogP) is 2.80. The van der Waals surface area contributed by atoms with Crippen molar-refractivity contribution in [3.8, 4) is 11.5 Å². The Kier molecular flexibility index (Phi) is 4.29. The van der Waals surface area contributed by atoms with E-state index in [1.165, 1.54) is 20.4 Å². The number of aryl methyl sites for hydroxylation is 1. The molecule has 0 fully saturated rings. The van der Waals surface area contributed by atoms with E-state index < -0.39 is 0 Å². The van der Waals surface area contributed by atoms with Crippen molar-refractivity contribution in [1.82, 2.24) is 9.78 Å². The van der Waals surface area contributed by atoms with Crippen LogP contribution >= 0.6 is 11.6 Å². The predicted molar refractivity (Wildman–Crippen MR) is 75.9 cm³/mol. The Bertz CT molecular complexity index is 616. The number of rotatable bonds is 5. The van der Waals surface area contributed by atoms with E-state index in [1.54, 1.807) is 22.9 Å². The maximum Gasteiger partial charge on any atom is 0.218 e. The minimum absolute atomic E-state index is 0.213. The third-order valence-electron chi connectivity index (χ3n) is 2.95. The van der Waals surface area contributed by atoms with Gasteiger partial charge in [-0.05, 0) is 25.1 Å². The molecule has 0 aliphatic carbocycles. The third kappa shape index (κ3) is 2.49. The van der Waals surface area contributed by atoms with Gasteiger partial charge in [0.1, 0.15) is 5.75 Å². The highest BCUT2D eigenvalue weighted by Gasteiger charge is 2.23. The third-order valence-corrected chi connectivity index (χ3v) is 3.18. The summed E-state index contributed by atoms with van der Waals surface area (Å²) in [6.07, 6.45) is 1.53. The van der Waals surface area contributed by atoms with Crippen molar-refractivity contribution < 1.29 is 14.3 Å². The van der Waals surface area contributed by atoms with Crippen LogP contribution in [-0.4, -0.2) is 29.8 Å². The van der Waals surface area contributed by atoms with Crippen molar-refractivity contribution >= 4 is 17.4 Å². The van der Waals surface area contributed by atoms with Crippen LogP contribution in [0.25, 0.3) is 0 Å². The molecule has 2 rings (SSSR count). The van der Waals surface area contributed by atoms with Gasteiger partial charge in [0.25, 0.3) is 0 Å². The second-order valence-electron chi connectivity index (χ2n) is 4.05. The topological polar surface area (TPSA) is 53.4 Å². The molecule has 0 atom stereocenters. The van der Waals surface area contributed by atoms with Gasteiger partial charge in [-0.25, -0.2) is 0 Å². The number of benzene rings is 1. The summed E-state index contributed by atoms with van der Waals surface area (Å²) in [5.41, 5.74) is 0.820. The number of hydrogen-bond donors (Lipinski definition) is 0. The van der Waals surface area contributed by atoms with E-state index in [1.807, 2.05) is 6.92 Å². The van der Waals surface area contributed by atoms with Crippen LogP contribution in [-0.2, 0) is 6.54 Å². The number of halogens is 1. The summed E-state index contributed by atoms with van der Waals surface area (Å²) in [5.74, 6) is 0.650. The Hall–Kier alpha value is -2.01. The smallest absolute Gasteiger partial charge is 0.218 e. The standard InChI is InChI=1S/C14H15ClN2O3/c1-4-17-13(12(20-3)8-16-17)14(18)10-6-5-9(15)7-11(10)19-2/h5-8H,4H2,1-3H3. The molecule has 1 aromatic carbocycles. The highest BCUT2D eigenvalue weighted by atomic mass is 35.5. The highest BCUT2D eigenvalue weighted by Crippen LogP contribution is 2.28. The number of ketones is 1. The molecule has 0 spiro atoms. The Morgan fingerprint density at radius 2 is 2.00 bits per heavy atom. The summed E-state index contributed by atoms with van der Waals surface area (Å²) in [5, 5.41) is 4.64. The fourth-order valence-corrected chi connectivity index (χ4v) is 2.13. The van der Waals surface area contributed by atoms with Gasteiger partial charge in [0.2, 0.25) is 5.78 Å². The van der Waals surface area contributed by atoms with E-state index in [4.69, 9.17) is 21.1 Å². The minimum Gasteiger partial charge on any atom is -0.496 e. The number of nitrogens with zero attached hydrogens (tertiary/aromatic N) is 2. The molecular formula is C14H15ClN2O3. The van der Waals surface area contributed by atoms with Crippen LogP contribution in [0.2, 0.25) is 5.02 Å². The first-order chi connectivity index (χ1) is 9.62. The maximum atomic E-state index is 12.7. The van der Waals surface area contributed by atoms with Crippen LogP contribution in [0.15, 0.2) is 24.4 Å². The number of carbonyl (C=O) groups is 1. The first-order valence-corrected chi connectivity index (χ1v) is 6.48. The number of hydrogen-bond acceptors (Lipinski definition) is 4. The largest absolute Gasteiger partial charge is 0.496 e. The van der Waals surface area contributed by atoms with E-state index in [0.29, 0.717) is 34.3 Å². The molecule has 0 N–H and O–H groups in total. The lowest BCUT2D eigenvalue weighted by molar-refractivity contribution is 0.102. The quantitative estimate of drug-likeness (QED) is 0.796. The van der Waals surface area contributed by atoms with E-state index in [9.17, 15) is 4.79 Å². The van der Waals surface area contributed by atoms with Crippen molar-refractivity contribution in [3.05, 3.63) is 40.7 Å². The number of carbonyl (C=O) groups excluding carboxylic acids is 1. The molecule has 0 aliphatic heterocycles. The number of ether oxygens (including phenoxy) is 2. The Labute approximate surface area is 122 Å². The zero-order valence-electron chi connectivity index (χ0n) is 11.5. The van der Waals surface area contributed by atoms with Crippen LogP contribution in [0, 0.1) is 0 Å². The monoisotopic (exact) mass is 294 g/mol. The molecule has 0 aliphatic rings. The van der Waals surface area contributed by atoms with Gasteiger partial charge in [-0.15, -0.1) is 0 Å². The van der Waals surface area contributed by atoms with Crippen LogP contribution in [0.5, 0.6) is 11.5 Å². The van der Waals surface area contributed by atoms with Crippen LogP contribution in [0.3, 0.4) is 0 Å². The first-order valence-electron chi connectivity index (χ1n) is 6.10. The zero-order chi connectivity index (χ0) is 14.7. The molecule has 2 aromatic rings. The molecule has 1 aromatic heterocycles. The Morgan fingerprint density at radius 1 is 1.30 bits per heavy atom. The maximum absolute atomic E-state index is 12.7. The summed E-state index contributed by atoms with van der Waals surface area (Å²) in [6, 6.07) is 4.89. The van der Waals surface area contributed by atoms with E-state index >= 15 is 0 Å². The molecule has 1 heterocycles. The van der Waals surface area contributed by atoms with Gasteiger partial charge in [-0.1, -0.05) is 11.6 Å². The second kappa shape index (κ2) is 5.96.